The lowest BCUT2D eigenvalue weighted by Gasteiger charge is -2.36. The molecule has 8 heteroatoms. The van der Waals surface area contributed by atoms with E-state index in [4.69, 9.17) is 27.9 Å². The molecule has 0 radical (unpaired) electrons. The summed E-state index contributed by atoms with van der Waals surface area (Å²) < 4.78 is 4.77. The number of carbonyl (C=O) groups is 3. The summed E-state index contributed by atoms with van der Waals surface area (Å²) in [7, 11) is 1.17. The van der Waals surface area contributed by atoms with Gasteiger partial charge >= 0.3 is 11.9 Å². The molecule has 0 amide bonds. The summed E-state index contributed by atoms with van der Waals surface area (Å²) in [6, 6.07) is 3.53. The van der Waals surface area contributed by atoms with E-state index in [-0.39, 0.29) is 10.7 Å². The molecule has 0 aromatic heterocycles. The van der Waals surface area contributed by atoms with Crippen LogP contribution < -0.4 is 0 Å². The van der Waals surface area contributed by atoms with E-state index in [1.54, 1.807) is 12.1 Å². The van der Waals surface area contributed by atoms with Crippen molar-refractivity contribution in [2.45, 2.75) is 18.9 Å². The number of esters is 1. The van der Waals surface area contributed by atoms with E-state index in [1.165, 1.54) is 20.1 Å². The summed E-state index contributed by atoms with van der Waals surface area (Å²) in [5, 5.41) is 10.2. The predicted molar refractivity (Wildman–Crippen MR) is 88.8 cm³/mol. The molecule has 24 heavy (non-hydrogen) atoms. The lowest BCUT2D eigenvalue weighted by atomic mass is 9.70. The fourth-order valence-electron chi connectivity index (χ4n) is 3.09. The van der Waals surface area contributed by atoms with Crippen LogP contribution in [0.2, 0.25) is 10.0 Å². The van der Waals surface area contributed by atoms with Crippen LogP contribution in [-0.4, -0.2) is 42.2 Å². The van der Waals surface area contributed by atoms with Gasteiger partial charge in [0.25, 0.3) is 0 Å². The van der Waals surface area contributed by atoms with Crippen molar-refractivity contribution in [3.05, 3.63) is 33.8 Å². The third-order valence-electron chi connectivity index (χ3n) is 4.12. The molecule has 0 saturated carbocycles. The largest absolute Gasteiger partial charge is 0.481 e. The van der Waals surface area contributed by atoms with Crippen LogP contribution in [0.25, 0.3) is 0 Å². The summed E-state index contributed by atoms with van der Waals surface area (Å²) in [4.78, 5) is 39.5. The number of hydrogen-bond donors (Lipinski definition) is 1. The lowest BCUT2D eigenvalue weighted by molar-refractivity contribution is -0.150. The first-order valence-electron chi connectivity index (χ1n) is 7.07. The highest BCUT2D eigenvalue weighted by molar-refractivity contribution is 6.35. The van der Waals surface area contributed by atoms with E-state index in [2.05, 4.69) is 4.99 Å². The van der Waals surface area contributed by atoms with Crippen molar-refractivity contribution in [2.24, 2.45) is 16.8 Å². The van der Waals surface area contributed by atoms with Gasteiger partial charge in [-0.05, 0) is 24.6 Å². The van der Waals surface area contributed by atoms with E-state index in [0.717, 1.165) is 0 Å². The Hall–Kier alpha value is -1.92. The Kier molecular flexibility index (Phi) is 5.62. The molecular formula is C16H15Cl2NO5. The molecule has 1 aromatic rings. The number of nitrogens with zero attached hydrogens (tertiary/aromatic N) is 1. The smallest absolute Gasteiger partial charge is 0.312 e. The van der Waals surface area contributed by atoms with Crippen LogP contribution in [0.15, 0.2) is 23.2 Å². The molecule has 1 aromatic carbocycles. The van der Waals surface area contributed by atoms with Gasteiger partial charge in [0, 0.05) is 21.7 Å². The van der Waals surface area contributed by atoms with Crippen molar-refractivity contribution in [2.75, 3.05) is 7.11 Å². The van der Waals surface area contributed by atoms with Crippen molar-refractivity contribution in [3.8, 4) is 0 Å². The number of carboxylic acid groups (broad SMARTS) is 1. The molecule has 0 fully saturated rings. The molecule has 6 nitrogen and oxygen atoms in total. The van der Waals surface area contributed by atoms with Crippen LogP contribution in [0.3, 0.4) is 0 Å². The average molecular weight is 372 g/mol. The number of carboxylic acids is 1. The Morgan fingerprint density at radius 2 is 2.00 bits per heavy atom. The molecule has 0 spiro atoms. The SMILES string of the molecule is COC(=O)C1C(C=O)N=C(C)C(C(=O)O)C1c1ccc(Cl)cc1Cl. The molecule has 2 rings (SSSR count). The second kappa shape index (κ2) is 7.32. The number of benzene rings is 1. The maximum atomic E-state index is 12.3. The normalized spacial score (nSPS) is 26.4. The Bertz CT molecular complexity index is 718. The first kappa shape index (κ1) is 18.4. The Balaban J connectivity index is 2.70. The first-order valence-corrected chi connectivity index (χ1v) is 7.82. The Labute approximate surface area is 148 Å². The summed E-state index contributed by atoms with van der Waals surface area (Å²) >= 11 is 12.1. The minimum atomic E-state index is -1.16. The molecule has 0 aliphatic carbocycles. The van der Waals surface area contributed by atoms with Crippen LogP contribution in [0, 0.1) is 11.8 Å². The molecule has 4 atom stereocenters. The Morgan fingerprint density at radius 1 is 1.33 bits per heavy atom. The minimum Gasteiger partial charge on any atom is -0.481 e. The van der Waals surface area contributed by atoms with Crippen molar-refractivity contribution >= 4 is 47.1 Å². The van der Waals surface area contributed by atoms with Gasteiger partial charge in [-0.2, -0.15) is 0 Å². The van der Waals surface area contributed by atoms with Crippen LogP contribution in [-0.2, 0) is 19.1 Å². The zero-order valence-corrected chi connectivity index (χ0v) is 14.4. The topological polar surface area (TPSA) is 93.0 Å². The van der Waals surface area contributed by atoms with Gasteiger partial charge in [-0.3, -0.25) is 14.6 Å². The van der Waals surface area contributed by atoms with E-state index >= 15 is 0 Å². The number of aldehydes is 1. The van der Waals surface area contributed by atoms with E-state index in [0.29, 0.717) is 16.9 Å². The van der Waals surface area contributed by atoms with Gasteiger partial charge in [0.05, 0.1) is 13.0 Å². The highest BCUT2D eigenvalue weighted by Gasteiger charge is 2.49. The zero-order valence-electron chi connectivity index (χ0n) is 12.9. The zero-order chi connectivity index (χ0) is 18.0. The molecule has 128 valence electrons. The molecule has 1 N–H and O–H groups in total. The third-order valence-corrected chi connectivity index (χ3v) is 4.68. The Morgan fingerprint density at radius 3 is 2.50 bits per heavy atom. The summed E-state index contributed by atoms with van der Waals surface area (Å²) in [6.07, 6.45) is 0.514. The van der Waals surface area contributed by atoms with Crippen molar-refractivity contribution in [1.29, 1.82) is 0 Å². The number of halogens is 2. The number of rotatable bonds is 4. The molecule has 0 saturated heterocycles. The summed E-state index contributed by atoms with van der Waals surface area (Å²) in [6.45, 7) is 1.51. The van der Waals surface area contributed by atoms with Crippen molar-refractivity contribution < 1.29 is 24.2 Å². The van der Waals surface area contributed by atoms with Crippen LogP contribution >= 0.6 is 23.2 Å². The summed E-state index contributed by atoms with van der Waals surface area (Å²) in [5.74, 6) is -4.97. The van der Waals surface area contributed by atoms with Crippen LogP contribution in [0.5, 0.6) is 0 Å². The van der Waals surface area contributed by atoms with Gasteiger partial charge in [0.2, 0.25) is 0 Å². The van der Waals surface area contributed by atoms with Gasteiger partial charge in [-0.1, -0.05) is 29.3 Å². The first-order chi connectivity index (χ1) is 11.3. The quantitative estimate of drug-likeness (QED) is 0.648. The van der Waals surface area contributed by atoms with Crippen LogP contribution in [0.4, 0.5) is 0 Å². The number of aliphatic carboxylic acids is 1. The maximum Gasteiger partial charge on any atom is 0.312 e. The number of carbonyl (C=O) groups excluding carboxylic acids is 2. The molecule has 0 bridgehead atoms. The van der Waals surface area contributed by atoms with Crippen molar-refractivity contribution in [3.63, 3.8) is 0 Å². The minimum absolute atomic E-state index is 0.215. The number of methoxy groups -OCH3 is 1. The van der Waals surface area contributed by atoms with E-state index in [1.807, 2.05) is 0 Å². The van der Waals surface area contributed by atoms with Gasteiger partial charge in [0.15, 0.2) is 0 Å². The maximum absolute atomic E-state index is 12.3. The van der Waals surface area contributed by atoms with E-state index < -0.39 is 35.7 Å². The van der Waals surface area contributed by atoms with Crippen LogP contribution in [0.1, 0.15) is 18.4 Å². The molecule has 1 aliphatic heterocycles. The second-order valence-corrected chi connectivity index (χ2v) is 6.30. The fourth-order valence-corrected chi connectivity index (χ4v) is 3.62. The van der Waals surface area contributed by atoms with Gasteiger partial charge in [-0.15, -0.1) is 0 Å². The monoisotopic (exact) mass is 371 g/mol. The highest BCUT2D eigenvalue weighted by atomic mass is 35.5. The third kappa shape index (κ3) is 3.30. The molecule has 4 unspecified atom stereocenters. The van der Waals surface area contributed by atoms with Gasteiger partial charge in [0.1, 0.15) is 18.2 Å². The number of hydrogen-bond acceptors (Lipinski definition) is 5. The number of ether oxygens (including phenoxy) is 1. The number of aliphatic imine (C=N–C) groups is 1. The lowest BCUT2D eigenvalue weighted by Crippen LogP contribution is -2.46. The van der Waals surface area contributed by atoms with E-state index in [9.17, 15) is 19.5 Å². The average Bonchev–Trinajstić information content (AvgIpc) is 2.52. The van der Waals surface area contributed by atoms with Gasteiger partial charge in [-0.25, -0.2) is 0 Å². The predicted octanol–water partition coefficient (Wildman–Crippen LogP) is 2.61. The molecule has 1 aliphatic rings. The van der Waals surface area contributed by atoms with Crippen molar-refractivity contribution in [1.82, 2.24) is 0 Å². The van der Waals surface area contributed by atoms with Gasteiger partial charge < -0.3 is 14.6 Å². The molecule has 1 heterocycles. The standard InChI is InChI=1S/C16H15Cl2NO5/c1-7-12(15(21)22)13(9-4-3-8(17)5-10(9)18)14(16(23)24-2)11(6-20)19-7/h3-6,11-14H,1-2H3,(H,21,22). The highest BCUT2D eigenvalue weighted by Crippen LogP contribution is 2.43. The fraction of sp³-hybridized carbons (Fsp3) is 0.375. The summed E-state index contributed by atoms with van der Waals surface area (Å²) in [5.41, 5.74) is 0.653. The second-order valence-electron chi connectivity index (χ2n) is 5.45. The molecular weight excluding hydrogens is 357 g/mol.